The largest absolute Gasteiger partial charge is 0.421 e. The molecule has 1 amide bonds. The van der Waals surface area contributed by atoms with Crippen molar-refractivity contribution in [2.24, 2.45) is 5.92 Å². The number of nitrogen functional groups attached to an aromatic ring is 1. The van der Waals surface area contributed by atoms with Gasteiger partial charge in [0.15, 0.2) is 0 Å². The zero-order valence-corrected chi connectivity index (χ0v) is 18.4. The van der Waals surface area contributed by atoms with Crippen molar-refractivity contribution < 1.29 is 31.1 Å². The highest BCUT2D eigenvalue weighted by Crippen LogP contribution is 2.29. The first-order chi connectivity index (χ1) is 16.4. The van der Waals surface area contributed by atoms with E-state index in [-0.39, 0.29) is 23.6 Å². The van der Waals surface area contributed by atoms with Crippen molar-refractivity contribution in [1.29, 1.82) is 0 Å². The van der Waals surface area contributed by atoms with E-state index in [1.807, 2.05) is 9.80 Å². The van der Waals surface area contributed by atoms with E-state index in [2.05, 4.69) is 15.1 Å². The molecule has 0 unspecified atom stereocenters. The number of hydrogen-bond donors (Lipinski definition) is 2. The lowest BCUT2D eigenvalue weighted by atomic mass is 10.1. The molecule has 4 rings (SSSR count). The van der Waals surface area contributed by atoms with E-state index in [9.17, 15) is 35.9 Å². The van der Waals surface area contributed by atoms with Gasteiger partial charge in [0, 0.05) is 44.5 Å². The Balaban J connectivity index is 0.000000241. The van der Waals surface area contributed by atoms with Crippen LogP contribution in [0.2, 0.25) is 0 Å². The number of carbonyl (C=O) groups is 1. The van der Waals surface area contributed by atoms with Crippen LogP contribution in [0.1, 0.15) is 36.8 Å². The fourth-order valence-electron chi connectivity index (χ4n) is 3.82. The van der Waals surface area contributed by atoms with Crippen molar-refractivity contribution in [2.75, 3.05) is 36.8 Å². The van der Waals surface area contributed by atoms with Gasteiger partial charge in [-0.25, -0.2) is 15.1 Å². The van der Waals surface area contributed by atoms with Gasteiger partial charge >= 0.3 is 12.4 Å². The topological polar surface area (TPSA) is 121 Å². The van der Waals surface area contributed by atoms with Gasteiger partial charge < -0.3 is 15.5 Å². The lowest BCUT2D eigenvalue weighted by Gasteiger charge is -2.36. The van der Waals surface area contributed by atoms with Crippen molar-refractivity contribution in [1.82, 2.24) is 25.1 Å². The standard InChI is InChI=1S/C15H19F3N4O.C5H4F3N3O/c16-15(17,18)12-9-19-14(20-10-12)22-7-5-21(6-8-22)13(23)11-3-1-2-4-11;6-5(7,8)2-1-3(9)10-11-4(2)12/h9-11H,1-8H2;1H,(H2,9,10)(H,11,12). The van der Waals surface area contributed by atoms with Gasteiger partial charge in [-0.1, -0.05) is 12.8 Å². The van der Waals surface area contributed by atoms with Crippen molar-refractivity contribution in [2.45, 2.75) is 38.0 Å². The van der Waals surface area contributed by atoms with Crippen LogP contribution in [-0.2, 0) is 17.1 Å². The Morgan fingerprint density at radius 2 is 1.54 bits per heavy atom. The summed E-state index contributed by atoms with van der Waals surface area (Å²) in [5, 5.41) is 4.72. The van der Waals surface area contributed by atoms with Crippen LogP contribution in [0.3, 0.4) is 0 Å². The monoisotopic (exact) mass is 507 g/mol. The van der Waals surface area contributed by atoms with E-state index in [4.69, 9.17) is 5.73 Å². The predicted molar refractivity (Wildman–Crippen MR) is 112 cm³/mol. The SMILES string of the molecule is Nc1cc(C(F)(F)F)c(=O)[nH]n1.O=C(C1CCCC1)N1CCN(c2ncc(C(F)(F)F)cn2)CC1. The van der Waals surface area contributed by atoms with Crippen molar-refractivity contribution >= 4 is 17.7 Å². The fraction of sp³-hybridized carbons (Fsp3) is 0.550. The molecule has 1 saturated carbocycles. The summed E-state index contributed by atoms with van der Waals surface area (Å²) < 4.78 is 73.3. The van der Waals surface area contributed by atoms with Crippen LogP contribution >= 0.6 is 0 Å². The van der Waals surface area contributed by atoms with Crippen LogP contribution < -0.4 is 16.2 Å². The van der Waals surface area contributed by atoms with Crippen LogP contribution in [0.25, 0.3) is 0 Å². The van der Waals surface area contributed by atoms with Gasteiger partial charge in [0.2, 0.25) is 11.9 Å². The number of halogens is 6. The Hall–Kier alpha value is -3.39. The summed E-state index contributed by atoms with van der Waals surface area (Å²) in [6, 6.07) is 0.485. The van der Waals surface area contributed by atoms with Gasteiger partial charge in [-0.2, -0.15) is 31.4 Å². The number of H-pyrrole nitrogens is 1. The number of nitrogens with zero attached hydrogens (tertiary/aromatic N) is 5. The first kappa shape index (κ1) is 26.2. The summed E-state index contributed by atoms with van der Waals surface area (Å²) in [5.41, 5.74) is 1.46. The van der Waals surface area contributed by atoms with Crippen molar-refractivity contribution in [3.05, 3.63) is 39.9 Å². The van der Waals surface area contributed by atoms with E-state index >= 15 is 0 Å². The fourth-order valence-corrected chi connectivity index (χ4v) is 3.82. The van der Waals surface area contributed by atoms with Gasteiger partial charge in [0.25, 0.3) is 5.56 Å². The molecule has 2 aromatic heterocycles. The molecule has 9 nitrogen and oxygen atoms in total. The molecule has 3 N–H and O–H groups in total. The number of hydrogen-bond acceptors (Lipinski definition) is 7. The summed E-state index contributed by atoms with van der Waals surface area (Å²) in [6.07, 6.45) is -3.32. The average molecular weight is 507 g/mol. The van der Waals surface area contributed by atoms with Crippen molar-refractivity contribution in [3.63, 3.8) is 0 Å². The molecule has 1 aliphatic heterocycles. The molecule has 1 aliphatic carbocycles. The Kier molecular flexibility index (Phi) is 7.85. The Bertz CT molecular complexity index is 1060. The lowest BCUT2D eigenvalue weighted by molar-refractivity contribution is -0.139. The quantitative estimate of drug-likeness (QED) is 0.600. The summed E-state index contributed by atoms with van der Waals surface area (Å²) >= 11 is 0. The van der Waals surface area contributed by atoms with Gasteiger partial charge in [-0.05, 0) is 18.9 Å². The molecule has 0 radical (unpaired) electrons. The molecule has 0 atom stereocenters. The van der Waals surface area contributed by atoms with Crippen LogP contribution in [0.15, 0.2) is 23.3 Å². The third-order valence-electron chi connectivity index (χ3n) is 5.67. The van der Waals surface area contributed by atoms with Gasteiger partial charge in [0.05, 0.1) is 5.56 Å². The Morgan fingerprint density at radius 3 is 2.03 bits per heavy atom. The van der Waals surface area contributed by atoms with E-state index in [0.717, 1.165) is 38.1 Å². The third kappa shape index (κ3) is 6.82. The molecular formula is C20H23F6N7O2. The molecule has 0 spiro atoms. The van der Waals surface area contributed by atoms with Crippen LogP contribution in [0, 0.1) is 5.92 Å². The van der Waals surface area contributed by atoms with E-state index in [1.165, 1.54) is 0 Å². The average Bonchev–Trinajstić information content (AvgIpc) is 3.35. The number of rotatable bonds is 2. The maximum Gasteiger partial charge on any atom is 0.421 e. The molecule has 2 aliphatic rings. The molecule has 0 aromatic carbocycles. The van der Waals surface area contributed by atoms with Gasteiger partial charge in [-0.15, -0.1) is 0 Å². The normalized spacial score (nSPS) is 17.2. The predicted octanol–water partition coefficient (Wildman–Crippen LogP) is 2.71. The molecular weight excluding hydrogens is 484 g/mol. The summed E-state index contributed by atoms with van der Waals surface area (Å²) in [4.78, 5) is 34.2. The summed E-state index contributed by atoms with van der Waals surface area (Å²) in [7, 11) is 0. The third-order valence-corrected chi connectivity index (χ3v) is 5.67. The van der Waals surface area contributed by atoms with Crippen LogP contribution in [-0.4, -0.2) is 57.2 Å². The number of carbonyl (C=O) groups excluding carboxylic acids is 1. The minimum atomic E-state index is -4.69. The second-order valence-electron chi connectivity index (χ2n) is 8.10. The number of anilines is 2. The number of aromatic amines is 1. The molecule has 2 fully saturated rings. The number of amides is 1. The molecule has 0 bridgehead atoms. The Morgan fingerprint density at radius 1 is 0.971 bits per heavy atom. The molecule has 35 heavy (non-hydrogen) atoms. The minimum absolute atomic E-state index is 0.156. The highest BCUT2D eigenvalue weighted by molar-refractivity contribution is 5.79. The maximum atomic E-state index is 12.5. The van der Waals surface area contributed by atoms with Crippen LogP contribution in [0.5, 0.6) is 0 Å². The lowest BCUT2D eigenvalue weighted by Crippen LogP contribution is -2.50. The van der Waals surface area contributed by atoms with Gasteiger partial charge in [0.1, 0.15) is 11.4 Å². The second kappa shape index (κ2) is 10.5. The summed E-state index contributed by atoms with van der Waals surface area (Å²) in [5.74, 6) is 0.284. The van der Waals surface area contributed by atoms with E-state index in [0.29, 0.717) is 32.2 Å². The summed E-state index contributed by atoms with van der Waals surface area (Å²) in [6.45, 7) is 2.23. The molecule has 1 saturated heterocycles. The highest BCUT2D eigenvalue weighted by atomic mass is 19.4. The smallest absolute Gasteiger partial charge is 0.382 e. The number of alkyl halides is 6. The molecule has 2 aromatic rings. The van der Waals surface area contributed by atoms with Crippen molar-refractivity contribution in [3.8, 4) is 0 Å². The Labute approximate surface area is 195 Å². The highest BCUT2D eigenvalue weighted by Gasteiger charge is 2.34. The van der Waals surface area contributed by atoms with Crippen LogP contribution in [0.4, 0.5) is 38.1 Å². The first-order valence-electron chi connectivity index (χ1n) is 10.7. The molecule has 15 heteroatoms. The van der Waals surface area contributed by atoms with Gasteiger partial charge in [-0.3, -0.25) is 9.59 Å². The zero-order chi connectivity index (χ0) is 25.8. The minimum Gasteiger partial charge on any atom is -0.382 e. The number of aromatic nitrogens is 4. The number of piperazine rings is 1. The number of nitrogens with two attached hydrogens (primary N) is 1. The number of nitrogens with one attached hydrogen (secondary N) is 1. The molecule has 3 heterocycles. The first-order valence-corrected chi connectivity index (χ1v) is 10.7. The van der Waals surface area contributed by atoms with E-state index in [1.54, 1.807) is 5.10 Å². The second-order valence-corrected chi connectivity index (χ2v) is 8.10. The molecule has 192 valence electrons. The zero-order valence-electron chi connectivity index (χ0n) is 18.4. The maximum absolute atomic E-state index is 12.5. The van der Waals surface area contributed by atoms with E-state index < -0.39 is 29.0 Å².